The Bertz CT molecular complexity index is 496. The van der Waals surface area contributed by atoms with E-state index >= 15 is 0 Å². The van der Waals surface area contributed by atoms with Crippen LogP contribution >= 0.6 is 0 Å². The van der Waals surface area contributed by atoms with Crippen molar-refractivity contribution in [3.05, 3.63) is 17.5 Å². The van der Waals surface area contributed by atoms with Crippen molar-refractivity contribution in [2.24, 2.45) is 24.8 Å². The maximum Gasteiger partial charge on any atom is 0.356 e. The highest BCUT2D eigenvalue weighted by atomic mass is 16.4. The number of rotatable bonds is 5. The average Bonchev–Trinajstić information content (AvgIpc) is 2.77. The molecular formula is C16H27N3O2. The number of carboxylic acid groups (broad SMARTS) is 1. The lowest BCUT2D eigenvalue weighted by molar-refractivity contribution is 0.0689. The van der Waals surface area contributed by atoms with Gasteiger partial charge in [0.1, 0.15) is 0 Å². The molecule has 2 N–H and O–H groups in total. The van der Waals surface area contributed by atoms with Gasteiger partial charge in [0.2, 0.25) is 0 Å². The summed E-state index contributed by atoms with van der Waals surface area (Å²) in [4.78, 5) is 11.0. The van der Waals surface area contributed by atoms with Crippen LogP contribution in [0.25, 0.3) is 0 Å². The number of nitrogens with one attached hydrogen (secondary N) is 1. The molecule has 1 heterocycles. The number of hydrogen-bond donors (Lipinski definition) is 2. The van der Waals surface area contributed by atoms with E-state index in [0.717, 1.165) is 11.6 Å². The Morgan fingerprint density at radius 1 is 1.52 bits per heavy atom. The van der Waals surface area contributed by atoms with Gasteiger partial charge in [-0.15, -0.1) is 0 Å². The molecule has 0 bridgehead atoms. The molecule has 21 heavy (non-hydrogen) atoms. The Balaban J connectivity index is 2.01. The topological polar surface area (TPSA) is 67.2 Å². The first-order valence-corrected chi connectivity index (χ1v) is 7.88. The minimum Gasteiger partial charge on any atom is -0.476 e. The maximum absolute atomic E-state index is 11.0. The van der Waals surface area contributed by atoms with Crippen LogP contribution in [-0.4, -0.2) is 26.9 Å². The molecule has 1 aliphatic carbocycles. The van der Waals surface area contributed by atoms with E-state index in [1.54, 1.807) is 17.8 Å². The van der Waals surface area contributed by atoms with Crippen molar-refractivity contribution in [3.63, 3.8) is 0 Å². The van der Waals surface area contributed by atoms with Crippen LogP contribution in [0, 0.1) is 17.8 Å². The molecule has 0 aliphatic heterocycles. The third-order valence-electron chi connectivity index (χ3n) is 4.76. The van der Waals surface area contributed by atoms with Gasteiger partial charge in [-0.3, -0.25) is 4.68 Å². The second kappa shape index (κ2) is 6.60. The second-order valence-electron chi connectivity index (χ2n) is 6.76. The van der Waals surface area contributed by atoms with Crippen LogP contribution in [0.15, 0.2) is 6.07 Å². The highest BCUT2D eigenvalue weighted by molar-refractivity contribution is 5.85. The molecule has 0 radical (unpaired) electrons. The standard InChI is InChI=1S/C16H27N3O2/c1-10(2)13-6-5-11(3)7-14(13)17-9-12-8-15(16(20)21)18-19(12)4/h8,10-11,13-14,17H,5-7,9H2,1-4H3,(H,20,21). The van der Waals surface area contributed by atoms with Crippen molar-refractivity contribution in [2.45, 2.75) is 52.6 Å². The zero-order valence-electron chi connectivity index (χ0n) is 13.5. The van der Waals surface area contributed by atoms with E-state index < -0.39 is 5.97 Å². The first-order valence-electron chi connectivity index (χ1n) is 7.88. The number of hydrogen-bond acceptors (Lipinski definition) is 3. The first kappa shape index (κ1) is 16.0. The fourth-order valence-electron chi connectivity index (χ4n) is 3.45. The molecule has 0 spiro atoms. The molecule has 1 aliphatic rings. The summed E-state index contributed by atoms with van der Waals surface area (Å²) in [5, 5.41) is 16.7. The normalized spacial score (nSPS) is 26.2. The molecule has 1 fully saturated rings. The summed E-state index contributed by atoms with van der Waals surface area (Å²) in [7, 11) is 1.80. The Labute approximate surface area is 126 Å². The van der Waals surface area contributed by atoms with Crippen molar-refractivity contribution >= 4 is 5.97 Å². The summed E-state index contributed by atoms with van der Waals surface area (Å²) in [6, 6.07) is 2.17. The molecule has 1 saturated carbocycles. The van der Waals surface area contributed by atoms with E-state index in [4.69, 9.17) is 5.11 Å². The zero-order chi connectivity index (χ0) is 15.6. The molecule has 3 atom stereocenters. The largest absolute Gasteiger partial charge is 0.476 e. The van der Waals surface area contributed by atoms with E-state index in [1.807, 2.05) is 0 Å². The number of aryl methyl sites for hydroxylation is 1. The van der Waals surface area contributed by atoms with Crippen LogP contribution in [0.3, 0.4) is 0 Å². The molecule has 0 aromatic carbocycles. The number of aromatic carboxylic acids is 1. The Morgan fingerprint density at radius 2 is 2.24 bits per heavy atom. The lowest BCUT2D eigenvalue weighted by atomic mass is 9.74. The fraction of sp³-hybridized carbons (Fsp3) is 0.750. The van der Waals surface area contributed by atoms with Crippen LogP contribution in [0.4, 0.5) is 0 Å². The molecule has 5 heteroatoms. The van der Waals surface area contributed by atoms with Crippen LogP contribution in [-0.2, 0) is 13.6 Å². The lowest BCUT2D eigenvalue weighted by Crippen LogP contribution is -2.42. The molecule has 2 rings (SSSR count). The minimum absolute atomic E-state index is 0.117. The van der Waals surface area contributed by atoms with Crippen LogP contribution in [0.2, 0.25) is 0 Å². The maximum atomic E-state index is 11.0. The summed E-state index contributed by atoms with van der Waals surface area (Å²) < 4.78 is 1.66. The molecule has 1 aromatic heterocycles. The van der Waals surface area contributed by atoms with Gasteiger partial charge < -0.3 is 10.4 Å². The van der Waals surface area contributed by atoms with E-state index in [0.29, 0.717) is 24.4 Å². The van der Waals surface area contributed by atoms with Gasteiger partial charge in [0.25, 0.3) is 0 Å². The number of carbonyl (C=O) groups is 1. The zero-order valence-corrected chi connectivity index (χ0v) is 13.5. The Morgan fingerprint density at radius 3 is 2.81 bits per heavy atom. The van der Waals surface area contributed by atoms with Crippen molar-refractivity contribution < 1.29 is 9.90 Å². The molecule has 5 nitrogen and oxygen atoms in total. The van der Waals surface area contributed by atoms with Gasteiger partial charge in [-0.05, 0) is 36.7 Å². The molecule has 118 valence electrons. The highest BCUT2D eigenvalue weighted by Gasteiger charge is 2.30. The number of carboxylic acids is 1. The van der Waals surface area contributed by atoms with E-state index in [2.05, 4.69) is 31.2 Å². The van der Waals surface area contributed by atoms with E-state index in [-0.39, 0.29) is 5.69 Å². The third kappa shape index (κ3) is 3.84. The smallest absolute Gasteiger partial charge is 0.356 e. The molecule has 3 unspecified atom stereocenters. The van der Waals surface area contributed by atoms with E-state index in [1.165, 1.54) is 19.3 Å². The third-order valence-corrected chi connectivity index (χ3v) is 4.76. The minimum atomic E-state index is -0.969. The van der Waals surface area contributed by atoms with Crippen molar-refractivity contribution in [1.29, 1.82) is 0 Å². The van der Waals surface area contributed by atoms with Gasteiger partial charge in [-0.2, -0.15) is 5.10 Å². The Kier molecular flexibility index (Phi) is 5.04. The van der Waals surface area contributed by atoms with Crippen molar-refractivity contribution in [2.75, 3.05) is 0 Å². The quantitative estimate of drug-likeness (QED) is 0.876. The summed E-state index contributed by atoms with van der Waals surface area (Å²) in [6.45, 7) is 7.58. The van der Waals surface area contributed by atoms with Crippen LogP contribution in [0.1, 0.15) is 56.2 Å². The molecule has 1 aromatic rings. The van der Waals surface area contributed by atoms with Gasteiger partial charge in [-0.25, -0.2) is 4.79 Å². The summed E-state index contributed by atoms with van der Waals surface area (Å²) in [5.74, 6) is 1.17. The number of aromatic nitrogens is 2. The number of nitrogens with zero attached hydrogens (tertiary/aromatic N) is 2. The van der Waals surface area contributed by atoms with Gasteiger partial charge in [0, 0.05) is 19.6 Å². The van der Waals surface area contributed by atoms with Gasteiger partial charge >= 0.3 is 5.97 Å². The predicted molar refractivity (Wildman–Crippen MR) is 82.1 cm³/mol. The van der Waals surface area contributed by atoms with E-state index in [9.17, 15) is 4.79 Å². The fourth-order valence-corrected chi connectivity index (χ4v) is 3.45. The molecular weight excluding hydrogens is 266 g/mol. The molecule has 0 saturated heterocycles. The molecule has 0 amide bonds. The summed E-state index contributed by atoms with van der Waals surface area (Å²) in [6.07, 6.45) is 3.80. The Hall–Kier alpha value is -1.36. The van der Waals surface area contributed by atoms with Crippen molar-refractivity contribution in [1.82, 2.24) is 15.1 Å². The first-order chi connectivity index (χ1) is 9.88. The van der Waals surface area contributed by atoms with Crippen LogP contribution in [0.5, 0.6) is 0 Å². The monoisotopic (exact) mass is 293 g/mol. The SMILES string of the molecule is CC1CCC(C(C)C)C(NCc2cc(C(=O)O)nn2C)C1. The summed E-state index contributed by atoms with van der Waals surface area (Å²) in [5.41, 5.74) is 1.04. The van der Waals surface area contributed by atoms with Gasteiger partial charge in [0.05, 0.1) is 5.69 Å². The second-order valence-corrected chi connectivity index (χ2v) is 6.76. The van der Waals surface area contributed by atoms with Crippen molar-refractivity contribution in [3.8, 4) is 0 Å². The predicted octanol–water partition coefficient (Wildman–Crippen LogP) is 2.67. The summed E-state index contributed by atoms with van der Waals surface area (Å²) >= 11 is 0. The lowest BCUT2D eigenvalue weighted by Gasteiger charge is -2.38. The highest BCUT2D eigenvalue weighted by Crippen LogP contribution is 2.33. The van der Waals surface area contributed by atoms with Gasteiger partial charge in [0.15, 0.2) is 5.69 Å². The average molecular weight is 293 g/mol. The van der Waals surface area contributed by atoms with Gasteiger partial charge in [-0.1, -0.05) is 27.2 Å². The van der Waals surface area contributed by atoms with Crippen LogP contribution < -0.4 is 5.32 Å².